The number of carbonyl (C=O) groups excluding carboxylic acids is 2. The van der Waals surface area contributed by atoms with E-state index in [1.165, 1.54) is 25.7 Å². The lowest BCUT2D eigenvalue weighted by molar-refractivity contribution is -0.137. The summed E-state index contributed by atoms with van der Waals surface area (Å²) >= 11 is 0. The maximum atomic E-state index is 12.6. The van der Waals surface area contributed by atoms with E-state index in [0.29, 0.717) is 26.2 Å². The van der Waals surface area contributed by atoms with Crippen LogP contribution in [0.2, 0.25) is 0 Å². The molecule has 0 spiro atoms. The molecule has 3 fully saturated rings. The first kappa shape index (κ1) is 13.7. The van der Waals surface area contributed by atoms with Crippen molar-refractivity contribution in [2.24, 2.45) is 11.8 Å². The Balaban J connectivity index is 1.53. The zero-order valence-corrected chi connectivity index (χ0v) is 12.3. The van der Waals surface area contributed by atoms with Gasteiger partial charge in [0.2, 0.25) is 5.91 Å². The van der Waals surface area contributed by atoms with Crippen LogP contribution in [0.5, 0.6) is 0 Å². The summed E-state index contributed by atoms with van der Waals surface area (Å²) in [6, 6.07) is 0.208. The average Bonchev–Trinajstić information content (AvgIpc) is 3.08. The van der Waals surface area contributed by atoms with Gasteiger partial charge < -0.3 is 15.1 Å². The monoisotopic (exact) mass is 279 g/mol. The van der Waals surface area contributed by atoms with Crippen LogP contribution in [0, 0.1) is 11.8 Å². The summed E-state index contributed by atoms with van der Waals surface area (Å²) in [7, 11) is 0. The van der Waals surface area contributed by atoms with Crippen LogP contribution in [0.1, 0.15) is 39.0 Å². The molecule has 0 bridgehead atoms. The highest BCUT2D eigenvalue weighted by molar-refractivity contribution is 5.80. The van der Waals surface area contributed by atoms with Crippen LogP contribution in [-0.2, 0) is 4.79 Å². The second kappa shape index (κ2) is 5.62. The van der Waals surface area contributed by atoms with Crippen molar-refractivity contribution in [1.82, 2.24) is 15.1 Å². The van der Waals surface area contributed by atoms with Crippen LogP contribution in [0.25, 0.3) is 0 Å². The van der Waals surface area contributed by atoms with Crippen LogP contribution in [0.4, 0.5) is 4.79 Å². The van der Waals surface area contributed by atoms with Crippen molar-refractivity contribution in [3.63, 3.8) is 0 Å². The Kier molecular flexibility index (Phi) is 3.85. The molecule has 1 saturated carbocycles. The van der Waals surface area contributed by atoms with Gasteiger partial charge in [0.25, 0.3) is 0 Å². The molecule has 112 valence electrons. The molecular weight excluding hydrogens is 254 g/mol. The highest BCUT2D eigenvalue weighted by atomic mass is 16.2. The largest absolute Gasteiger partial charge is 0.339 e. The van der Waals surface area contributed by atoms with Crippen molar-refractivity contribution in [2.45, 2.75) is 45.1 Å². The third kappa shape index (κ3) is 2.63. The number of nitrogens with one attached hydrogen (secondary N) is 1. The van der Waals surface area contributed by atoms with Gasteiger partial charge in [0, 0.05) is 32.1 Å². The number of rotatable bonds is 3. The molecule has 3 rings (SSSR count). The Morgan fingerprint density at radius 2 is 2.10 bits per heavy atom. The van der Waals surface area contributed by atoms with Crippen molar-refractivity contribution in [2.75, 3.05) is 26.2 Å². The zero-order chi connectivity index (χ0) is 14.1. The summed E-state index contributed by atoms with van der Waals surface area (Å²) < 4.78 is 0. The molecule has 3 amide bonds. The molecule has 0 radical (unpaired) electrons. The summed E-state index contributed by atoms with van der Waals surface area (Å²) in [6.45, 7) is 4.83. The topological polar surface area (TPSA) is 52.7 Å². The Morgan fingerprint density at radius 3 is 2.85 bits per heavy atom. The van der Waals surface area contributed by atoms with E-state index < -0.39 is 0 Å². The average molecular weight is 279 g/mol. The first-order valence-electron chi connectivity index (χ1n) is 7.98. The summed E-state index contributed by atoms with van der Waals surface area (Å²) in [4.78, 5) is 28.0. The van der Waals surface area contributed by atoms with Gasteiger partial charge in [-0.3, -0.25) is 4.79 Å². The lowest BCUT2D eigenvalue weighted by atomic mass is 9.93. The molecular formula is C15H25N3O2. The van der Waals surface area contributed by atoms with E-state index in [1.807, 2.05) is 9.80 Å². The van der Waals surface area contributed by atoms with E-state index in [9.17, 15) is 9.59 Å². The van der Waals surface area contributed by atoms with Gasteiger partial charge in [-0.25, -0.2) is 4.79 Å². The zero-order valence-electron chi connectivity index (χ0n) is 12.3. The van der Waals surface area contributed by atoms with Crippen molar-refractivity contribution in [3.8, 4) is 0 Å². The number of amides is 3. The summed E-state index contributed by atoms with van der Waals surface area (Å²) in [5.41, 5.74) is 0. The number of hydrogen-bond donors (Lipinski definition) is 1. The Labute approximate surface area is 120 Å². The molecule has 0 aromatic heterocycles. The molecule has 2 saturated heterocycles. The van der Waals surface area contributed by atoms with Gasteiger partial charge in [0.15, 0.2) is 0 Å². The first-order chi connectivity index (χ1) is 9.65. The lowest BCUT2D eigenvalue weighted by Gasteiger charge is -2.37. The van der Waals surface area contributed by atoms with Gasteiger partial charge in [-0.15, -0.1) is 0 Å². The molecule has 1 aliphatic carbocycles. The van der Waals surface area contributed by atoms with Gasteiger partial charge in [0.1, 0.15) is 0 Å². The number of carbonyl (C=O) groups is 2. The Morgan fingerprint density at radius 1 is 1.35 bits per heavy atom. The van der Waals surface area contributed by atoms with Crippen LogP contribution in [-0.4, -0.2) is 54.0 Å². The third-order valence-electron chi connectivity index (χ3n) is 5.13. The first-order valence-corrected chi connectivity index (χ1v) is 7.98. The number of urea groups is 1. The third-order valence-corrected chi connectivity index (χ3v) is 5.13. The number of hydrogen-bond acceptors (Lipinski definition) is 2. The summed E-state index contributed by atoms with van der Waals surface area (Å²) in [5.74, 6) is 1.18. The maximum absolute atomic E-state index is 12.6. The minimum atomic E-state index is 0.0288. The van der Waals surface area contributed by atoms with Gasteiger partial charge in [-0.05, 0) is 12.3 Å². The van der Waals surface area contributed by atoms with E-state index >= 15 is 0 Å². The normalized spacial score (nSPS) is 28.4. The molecule has 5 heteroatoms. The minimum absolute atomic E-state index is 0.0288. The molecule has 1 N–H and O–H groups in total. The molecule has 0 aromatic carbocycles. The fraction of sp³-hybridized carbons (Fsp3) is 0.867. The van der Waals surface area contributed by atoms with Crippen molar-refractivity contribution in [3.05, 3.63) is 0 Å². The number of fused-ring (bicyclic) bond motifs is 1. The highest BCUT2D eigenvalue weighted by Gasteiger charge is 2.37. The highest BCUT2D eigenvalue weighted by Crippen LogP contribution is 2.31. The van der Waals surface area contributed by atoms with Gasteiger partial charge in [0.05, 0.1) is 6.04 Å². The van der Waals surface area contributed by atoms with Gasteiger partial charge >= 0.3 is 6.03 Å². The summed E-state index contributed by atoms with van der Waals surface area (Å²) in [5, 5.41) is 2.86. The van der Waals surface area contributed by atoms with Crippen molar-refractivity contribution in [1.29, 1.82) is 0 Å². The van der Waals surface area contributed by atoms with E-state index in [2.05, 4.69) is 12.2 Å². The smallest absolute Gasteiger partial charge is 0.317 e. The quantitative estimate of drug-likeness (QED) is 0.850. The van der Waals surface area contributed by atoms with Crippen molar-refractivity contribution >= 4 is 11.9 Å². The molecule has 20 heavy (non-hydrogen) atoms. The predicted octanol–water partition coefficient (Wildman–Crippen LogP) is 1.44. The summed E-state index contributed by atoms with van der Waals surface area (Å²) in [6.07, 6.45) is 6.31. The van der Waals surface area contributed by atoms with Crippen LogP contribution in [0.3, 0.4) is 0 Å². The van der Waals surface area contributed by atoms with Gasteiger partial charge in [-0.1, -0.05) is 32.6 Å². The second-order valence-corrected chi connectivity index (χ2v) is 6.60. The number of nitrogens with zero attached hydrogens (tertiary/aromatic N) is 2. The van der Waals surface area contributed by atoms with E-state index in [0.717, 1.165) is 12.3 Å². The molecule has 0 aromatic rings. The minimum Gasteiger partial charge on any atom is -0.339 e. The molecule has 3 aliphatic rings. The van der Waals surface area contributed by atoms with Crippen LogP contribution >= 0.6 is 0 Å². The van der Waals surface area contributed by atoms with E-state index in [1.54, 1.807) is 0 Å². The van der Waals surface area contributed by atoms with Crippen LogP contribution in [0.15, 0.2) is 0 Å². The molecule has 2 atom stereocenters. The standard InChI is InChI=1S/C15H25N3O2/c1-11(8-12-4-2-3-5-12)14(19)17-6-7-18-13(10-17)9-16-15(18)20/h11-13H,2-10H2,1H3,(H,16,20)/t11-,13-/m1/s1. The molecule has 2 aliphatic heterocycles. The fourth-order valence-electron chi connectivity index (χ4n) is 3.96. The number of piperazine rings is 1. The Bertz CT molecular complexity index is 393. The molecule has 5 nitrogen and oxygen atoms in total. The maximum Gasteiger partial charge on any atom is 0.317 e. The SMILES string of the molecule is C[C@H](CC1CCCC1)C(=O)N1CCN2C(=O)NC[C@@H]2C1. The van der Waals surface area contributed by atoms with Crippen molar-refractivity contribution < 1.29 is 9.59 Å². The molecule has 0 unspecified atom stereocenters. The Hall–Kier alpha value is -1.26. The van der Waals surface area contributed by atoms with E-state index in [4.69, 9.17) is 0 Å². The van der Waals surface area contributed by atoms with E-state index in [-0.39, 0.29) is 23.9 Å². The van der Waals surface area contributed by atoms with Gasteiger partial charge in [-0.2, -0.15) is 0 Å². The second-order valence-electron chi connectivity index (χ2n) is 6.60. The fourth-order valence-corrected chi connectivity index (χ4v) is 3.96. The predicted molar refractivity (Wildman–Crippen MR) is 76.2 cm³/mol. The van der Waals surface area contributed by atoms with Crippen LogP contribution < -0.4 is 5.32 Å². The lowest BCUT2D eigenvalue weighted by Crippen LogP contribution is -2.54. The molecule has 2 heterocycles.